The van der Waals surface area contributed by atoms with Gasteiger partial charge in [-0.25, -0.2) is 9.82 Å². The molecule has 0 aliphatic carbocycles. The van der Waals surface area contributed by atoms with Gasteiger partial charge in [0.05, 0.1) is 0 Å². The van der Waals surface area contributed by atoms with Gasteiger partial charge in [-0.05, 0) is 12.1 Å². The standard InChI is InChI=1S/C8H5N3O4/c12-8(15-11(13)14)6-5-10-4-2-1-3-7(10)9-6/h1-5H. The summed E-state index contributed by atoms with van der Waals surface area (Å²) >= 11 is 0. The van der Waals surface area contributed by atoms with Crippen LogP contribution in [0.15, 0.2) is 30.6 Å². The van der Waals surface area contributed by atoms with Crippen LogP contribution in [0.1, 0.15) is 10.5 Å². The van der Waals surface area contributed by atoms with Gasteiger partial charge in [0.2, 0.25) is 0 Å². The van der Waals surface area contributed by atoms with E-state index in [0.717, 1.165) is 0 Å². The van der Waals surface area contributed by atoms with E-state index >= 15 is 0 Å². The molecule has 0 amide bonds. The molecule has 7 nitrogen and oxygen atoms in total. The number of carbonyl (C=O) groups excluding carboxylic acids is 1. The van der Waals surface area contributed by atoms with Gasteiger partial charge in [0, 0.05) is 12.4 Å². The van der Waals surface area contributed by atoms with Gasteiger partial charge < -0.3 is 4.40 Å². The molecule has 2 aromatic rings. The lowest BCUT2D eigenvalue weighted by Crippen LogP contribution is -2.10. The second kappa shape index (κ2) is 3.37. The average molecular weight is 207 g/mol. The molecular formula is C8H5N3O4. The normalized spacial score (nSPS) is 10.1. The van der Waals surface area contributed by atoms with Crippen molar-refractivity contribution in [2.75, 3.05) is 0 Å². The quantitative estimate of drug-likeness (QED) is 0.533. The first kappa shape index (κ1) is 9.13. The van der Waals surface area contributed by atoms with Crippen molar-refractivity contribution in [2.24, 2.45) is 0 Å². The molecule has 0 spiro atoms. The minimum atomic E-state index is -1.16. The van der Waals surface area contributed by atoms with Crippen LogP contribution in [0.2, 0.25) is 0 Å². The molecule has 7 heteroatoms. The number of imidazole rings is 1. The molecule has 0 aliphatic heterocycles. The molecule has 15 heavy (non-hydrogen) atoms. The largest absolute Gasteiger partial charge is 0.354 e. The maximum absolute atomic E-state index is 11.1. The number of rotatable bonds is 2. The van der Waals surface area contributed by atoms with Crippen LogP contribution in [0.25, 0.3) is 5.65 Å². The van der Waals surface area contributed by atoms with Crippen LogP contribution >= 0.6 is 0 Å². The summed E-state index contributed by atoms with van der Waals surface area (Å²) in [5.41, 5.74) is 0.422. The van der Waals surface area contributed by atoms with Gasteiger partial charge in [-0.15, -0.1) is 10.1 Å². The summed E-state index contributed by atoms with van der Waals surface area (Å²) in [6.45, 7) is 0. The maximum atomic E-state index is 11.1. The number of hydrogen-bond acceptors (Lipinski definition) is 5. The van der Waals surface area contributed by atoms with Crippen LogP contribution in [-0.2, 0) is 4.84 Å². The van der Waals surface area contributed by atoms with Crippen molar-refractivity contribution in [3.8, 4) is 0 Å². The summed E-state index contributed by atoms with van der Waals surface area (Å²) in [6, 6.07) is 5.16. The SMILES string of the molecule is O=C(O[N+](=O)[O-])c1cn2ccccc2n1. The Morgan fingerprint density at radius 2 is 2.33 bits per heavy atom. The third kappa shape index (κ3) is 1.75. The van der Waals surface area contributed by atoms with Crippen molar-refractivity contribution in [3.63, 3.8) is 0 Å². The van der Waals surface area contributed by atoms with Crippen LogP contribution in [0.5, 0.6) is 0 Å². The monoisotopic (exact) mass is 207 g/mol. The maximum Gasteiger partial charge on any atom is 0.354 e. The third-order valence-corrected chi connectivity index (χ3v) is 1.73. The molecular weight excluding hydrogens is 202 g/mol. The molecule has 0 unspecified atom stereocenters. The average Bonchev–Trinajstić information content (AvgIpc) is 2.59. The van der Waals surface area contributed by atoms with Gasteiger partial charge in [-0.2, -0.15) is 0 Å². The molecule has 2 aromatic heterocycles. The number of fused-ring (bicyclic) bond motifs is 1. The second-order valence-corrected chi connectivity index (χ2v) is 2.69. The topological polar surface area (TPSA) is 86.7 Å². The molecule has 0 radical (unpaired) electrons. The van der Waals surface area contributed by atoms with Gasteiger partial charge in [-0.3, -0.25) is 4.79 Å². The Morgan fingerprint density at radius 3 is 3.00 bits per heavy atom. The lowest BCUT2D eigenvalue weighted by Gasteiger charge is -1.89. The van der Waals surface area contributed by atoms with Crippen molar-refractivity contribution in [3.05, 3.63) is 46.4 Å². The summed E-state index contributed by atoms with van der Waals surface area (Å²) in [5, 5.41) is 8.77. The van der Waals surface area contributed by atoms with Crippen molar-refractivity contribution >= 4 is 11.6 Å². The van der Waals surface area contributed by atoms with Crippen molar-refractivity contribution < 1.29 is 14.7 Å². The summed E-state index contributed by atoms with van der Waals surface area (Å²) < 4.78 is 1.57. The van der Waals surface area contributed by atoms with Crippen molar-refractivity contribution in [1.29, 1.82) is 0 Å². The molecule has 0 N–H and O–H groups in total. The van der Waals surface area contributed by atoms with E-state index in [1.807, 2.05) is 0 Å². The highest BCUT2D eigenvalue weighted by Crippen LogP contribution is 2.05. The Morgan fingerprint density at radius 1 is 1.53 bits per heavy atom. The third-order valence-electron chi connectivity index (χ3n) is 1.73. The molecule has 0 fully saturated rings. The first-order valence-electron chi connectivity index (χ1n) is 3.97. The molecule has 0 saturated carbocycles. The summed E-state index contributed by atoms with van der Waals surface area (Å²) in [5.74, 6) is -1.08. The summed E-state index contributed by atoms with van der Waals surface area (Å²) in [7, 11) is 0. The molecule has 0 atom stereocenters. The molecule has 2 heterocycles. The Bertz CT molecular complexity index is 500. The molecule has 0 saturated heterocycles. The lowest BCUT2D eigenvalue weighted by atomic mass is 10.5. The van der Waals surface area contributed by atoms with E-state index in [9.17, 15) is 14.9 Å². The highest BCUT2D eigenvalue weighted by atomic mass is 17.0. The Kier molecular flexibility index (Phi) is 2.05. The van der Waals surface area contributed by atoms with Gasteiger partial charge >= 0.3 is 11.1 Å². The fourth-order valence-electron chi connectivity index (χ4n) is 1.15. The predicted octanol–water partition coefficient (Wildman–Crippen LogP) is 0.683. The number of hydrogen-bond donors (Lipinski definition) is 0. The molecule has 2 rings (SSSR count). The Hall–Kier alpha value is -2.44. The van der Waals surface area contributed by atoms with Crippen LogP contribution in [0, 0.1) is 10.1 Å². The van der Waals surface area contributed by atoms with Gasteiger partial charge in [-0.1, -0.05) is 6.07 Å². The molecule has 0 aromatic carbocycles. The second-order valence-electron chi connectivity index (χ2n) is 2.69. The van der Waals surface area contributed by atoms with Crippen molar-refractivity contribution in [1.82, 2.24) is 9.38 Å². The van der Waals surface area contributed by atoms with E-state index in [1.54, 1.807) is 28.8 Å². The van der Waals surface area contributed by atoms with Gasteiger partial charge in [0.15, 0.2) is 5.69 Å². The number of pyridine rings is 1. The minimum absolute atomic E-state index is 0.0992. The van der Waals surface area contributed by atoms with Crippen LogP contribution in [-0.4, -0.2) is 20.4 Å². The number of nitrogens with zero attached hydrogens (tertiary/aromatic N) is 3. The lowest BCUT2D eigenvalue weighted by molar-refractivity contribution is -0.727. The summed E-state index contributed by atoms with van der Waals surface area (Å²) in [4.78, 5) is 28.6. The van der Waals surface area contributed by atoms with Gasteiger partial charge in [0.1, 0.15) is 5.65 Å². The molecule has 0 bridgehead atoms. The minimum Gasteiger partial charge on any atom is -0.306 e. The van der Waals surface area contributed by atoms with E-state index in [-0.39, 0.29) is 5.69 Å². The zero-order valence-electron chi connectivity index (χ0n) is 7.36. The van der Waals surface area contributed by atoms with Crippen molar-refractivity contribution in [2.45, 2.75) is 0 Å². The number of aromatic nitrogens is 2. The summed E-state index contributed by atoms with van der Waals surface area (Å²) in [6.07, 6.45) is 3.03. The smallest absolute Gasteiger partial charge is 0.306 e. The van der Waals surface area contributed by atoms with E-state index < -0.39 is 11.1 Å². The fraction of sp³-hybridized carbons (Fsp3) is 0. The van der Waals surface area contributed by atoms with Crippen LogP contribution < -0.4 is 0 Å². The van der Waals surface area contributed by atoms with Crippen LogP contribution in [0.3, 0.4) is 0 Å². The van der Waals surface area contributed by atoms with Crippen LogP contribution in [0.4, 0.5) is 0 Å². The predicted molar refractivity (Wildman–Crippen MR) is 47.6 cm³/mol. The highest BCUT2D eigenvalue weighted by molar-refractivity contribution is 5.87. The molecule has 76 valence electrons. The first-order valence-corrected chi connectivity index (χ1v) is 3.97. The Labute approximate surface area is 83.0 Å². The Balaban J connectivity index is 2.36. The van der Waals surface area contributed by atoms with E-state index in [4.69, 9.17) is 0 Å². The van der Waals surface area contributed by atoms with Gasteiger partial charge in [0.25, 0.3) is 0 Å². The first-order chi connectivity index (χ1) is 7.16. The van der Waals surface area contributed by atoms with E-state index in [1.165, 1.54) is 6.20 Å². The highest BCUT2D eigenvalue weighted by Gasteiger charge is 2.14. The molecule has 0 aliphatic rings. The fourth-order valence-corrected chi connectivity index (χ4v) is 1.15. The zero-order valence-corrected chi connectivity index (χ0v) is 7.36. The van der Waals surface area contributed by atoms with E-state index in [2.05, 4.69) is 9.82 Å². The zero-order chi connectivity index (χ0) is 10.8. The number of carbonyl (C=O) groups is 1. The van der Waals surface area contributed by atoms with E-state index in [0.29, 0.717) is 5.65 Å².